The molecule has 5 nitrogen and oxygen atoms in total. The van der Waals surface area contributed by atoms with Crippen LogP contribution in [-0.2, 0) is 6.61 Å². The molecule has 0 atom stereocenters. The number of para-hydroxylation sites is 1. The maximum absolute atomic E-state index is 13.0. The third kappa shape index (κ3) is 3.71. The first kappa shape index (κ1) is 17.3. The molecule has 0 aliphatic carbocycles. The van der Waals surface area contributed by atoms with Crippen LogP contribution in [0.3, 0.4) is 0 Å². The summed E-state index contributed by atoms with van der Waals surface area (Å²) < 4.78 is 29.7. The molecule has 0 aliphatic rings. The van der Waals surface area contributed by atoms with E-state index in [0.29, 0.717) is 33.7 Å². The number of benzene rings is 2. The quantitative estimate of drug-likeness (QED) is 0.443. The predicted molar refractivity (Wildman–Crippen MR) is 97.9 cm³/mol. The number of rotatable bonds is 5. The van der Waals surface area contributed by atoms with Gasteiger partial charge in [-0.05, 0) is 55.0 Å². The third-order valence-electron chi connectivity index (χ3n) is 3.92. The van der Waals surface area contributed by atoms with E-state index in [1.165, 1.54) is 12.1 Å². The fourth-order valence-corrected chi connectivity index (χ4v) is 2.83. The molecular formula is C20H14ClFN2O3. The molecule has 0 aliphatic heterocycles. The molecular weight excluding hydrogens is 371 g/mol. The molecule has 0 saturated carbocycles. The van der Waals surface area contributed by atoms with Gasteiger partial charge >= 0.3 is 0 Å². The zero-order valence-electron chi connectivity index (χ0n) is 14.3. The Morgan fingerprint density at radius 3 is 2.67 bits per heavy atom. The van der Waals surface area contributed by atoms with E-state index in [-0.39, 0.29) is 18.3 Å². The second kappa shape index (κ2) is 7.25. The Kier molecular flexibility index (Phi) is 4.64. The van der Waals surface area contributed by atoms with E-state index in [9.17, 15) is 4.39 Å². The van der Waals surface area contributed by atoms with Crippen molar-refractivity contribution in [3.63, 3.8) is 0 Å². The van der Waals surface area contributed by atoms with Gasteiger partial charge in [0.1, 0.15) is 23.9 Å². The molecule has 136 valence electrons. The highest BCUT2D eigenvalue weighted by atomic mass is 35.5. The first-order valence-electron chi connectivity index (χ1n) is 8.17. The van der Waals surface area contributed by atoms with Crippen molar-refractivity contribution in [2.45, 2.75) is 13.5 Å². The van der Waals surface area contributed by atoms with E-state index in [4.69, 9.17) is 25.3 Å². The zero-order valence-corrected chi connectivity index (χ0v) is 15.0. The molecule has 4 rings (SSSR count). The van der Waals surface area contributed by atoms with E-state index in [1.807, 2.05) is 19.1 Å². The van der Waals surface area contributed by atoms with Crippen molar-refractivity contribution >= 4 is 11.6 Å². The number of nitrogens with zero attached hydrogens (tertiary/aromatic N) is 2. The monoisotopic (exact) mass is 384 g/mol. The topological polar surface area (TPSA) is 61.3 Å². The smallest absolute Gasteiger partial charge is 0.293 e. The lowest BCUT2D eigenvalue weighted by atomic mass is 10.2. The summed E-state index contributed by atoms with van der Waals surface area (Å²) in [5.74, 6) is 1.89. The summed E-state index contributed by atoms with van der Waals surface area (Å²) in [7, 11) is 0. The summed E-state index contributed by atoms with van der Waals surface area (Å²) in [5.41, 5.74) is 1.59. The Hall–Kier alpha value is -3.12. The molecule has 7 heteroatoms. The fourth-order valence-electron chi connectivity index (χ4n) is 2.55. The van der Waals surface area contributed by atoms with Crippen LogP contribution in [0.2, 0.25) is 5.02 Å². The van der Waals surface area contributed by atoms with Gasteiger partial charge in [-0.3, -0.25) is 0 Å². The molecule has 2 heterocycles. The molecule has 0 radical (unpaired) electrons. The average molecular weight is 385 g/mol. The summed E-state index contributed by atoms with van der Waals surface area (Å²) >= 11 is 6.16. The molecule has 27 heavy (non-hydrogen) atoms. The van der Waals surface area contributed by atoms with E-state index in [0.717, 1.165) is 5.56 Å². The van der Waals surface area contributed by atoms with Gasteiger partial charge in [0, 0.05) is 5.56 Å². The highest BCUT2D eigenvalue weighted by molar-refractivity contribution is 6.32. The first-order valence-corrected chi connectivity index (χ1v) is 8.54. The Morgan fingerprint density at radius 2 is 1.89 bits per heavy atom. The molecule has 0 N–H and O–H groups in total. The highest BCUT2D eigenvalue weighted by Crippen LogP contribution is 2.30. The highest BCUT2D eigenvalue weighted by Gasteiger charge is 2.15. The zero-order chi connectivity index (χ0) is 18.8. The van der Waals surface area contributed by atoms with E-state index < -0.39 is 0 Å². The average Bonchev–Trinajstić information content (AvgIpc) is 3.31. The SMILES string of the molecule is Cc1cccc(Cl)c1OCc1ccc(-c2nc(-c3ccc(F)cc3)no2)o1. The van der Waals surface area contributed by atoms with Gasteiger partial charge in [-0.25, -0.2) is 4.39 Å². The lowest BCUT2D eigenvalue weighted by Gasteiger charge is -2.09. The molecule has 4 aromatic rings. The van der Waals surface area contributed by atoms with Gasteiger partial charge in [-0.15, -0.1) is 0 Å². The Labute approximate surface area is 159 Å². The van der Waals surface area contributed by atoms with E-state index in [2.05, 4.69) is 10.1 Å². The van der Waals surface area contributed by atoms with Crippen molar-refractivity contribution in [3.8, 4) is 28.8 Å². The number of hydrogen-bond donors (Lipinski definition) is 0. The molecule has 0 saturated heterocycles. The van der Waals surface area contributed by atoms with Crippen LogP contribution >= 0.6 is 11.6 Å². The van der Waals surface area contributed by atoms with Gasteiger partial charge < -0.3 is 13.7 Å². The van der Waals surface area contributed by atoms with Crippen LogP contribution in [0.25, 0.3) is 23.0 Å². The first-order chi connectivity index (χ1) is 13.1. The number of aryl methyl sites for hydroxylation is 1. The summed E-state index contributed by atoms with van der Waals surface area (Å²) in [6.45, 7) is 2.13. The molecule has 2 aromatic heterocycles. The van der Waals surface area contributed by atoms with Crippen molar-refractivity contribution in [1.82, 2.24) is 10.1 Å². The summed E-state index contributed by atoms with van der Waals surface area (Å²) in [6.07, 6.45) is 0. The second-order valence-electron chi connectivity index (χ2n) is 5.87. The van der Waals surface area contributed by atoms with Gasteiger partial charge in [0.25, 0.3) is 5.89 Å². The van der Waals surface area contributed by atoms with Gasteiger partial charge in [-0.2, -0.15) is 4.98 Å². The van der Waals surface area contributed by atoms with Crippen LogP contribution in [0.1, 0.15) is 11.3 Å². The lowest BCUT2D eigenvalue weighted by molar-refractivity contribution is 0.269. The van der Waals surface area contributed by atoms with Gasteiger partial charge in [0.2, 0.25) is 5.82 Å². The minimum atomic E-state index is -0.327. The van der Waals surface area contributed by atoms with Crippen LogP contribution in [0.15, 0.2) is 63.5 Å². The Bertz CT molecular complexity index is 1050. The molecule has 0 unspecified atom stereocenters. The van der Waals surface area contributed by atoms with E-state index >= 15 is 0 Å². The maximum atomic E-state index is 13.0. The molecule has 0 fully saturated rings. The number of ether oxygens (including phenoxy) is 1. The van der Waals surface area contributed by atoms with Crippen molar-refractivity contribution in [2.75, 3.05) is 0 Å². The van der Waals surface area contributed by atoms with E-state index in [1.54, 1.807) is 30.3 Å². The van der Waals surface area contributed by atoms with Crippen molar-refractivity contribution in [2.24, 2.45) is 0 Å². The molecule has 0 bridgehead atoms. The number of hydrogen-bond acceptors (Lipinski definition) is 5. The minimum Gasteiger partial charge on any atom is -0.484 e. The van der Waals surface area contributed by atoms with Crippen LogP contribution < -0.4 is 4.74 Å². The maximum Gasteiger partial charge on any atom is 0.293 e. The normalized spacial score (nSPS) is 10.9. The number of aromatic nitrogens is 2. The number of furan rings is 1. The van der Waals surface area contributed by atoms with Crippen LogP contribution in [0.5, 0.6) is 5.75 Å². The number of halogens is 2. The van der Waals surface area contributed by atoms with Crippen LogP contribution in [0.4, 0.5) is 4.39 Å². The Balaban J connectivity index is 1.49. The standard InChI is InChI=1S/C20H14ClFN2O3/c1-12-3-2-4-16(21)18(12)25-11-15-9-10-17(26-15)20-23-19(24-27-20)13-5-7-14(22)8-6-13/h2-10H,11H2,1H3. The summed E-state index contributed by atoms with van der Waals surface area (Å²) in [6, 6.07) is 14.9. The molecule has 2 aromatic carbocycles. The van der Waals surface area contributed by atoms with Crippen LogP contribution in [-0.4, -0.2) is 10.1 Å². The van der Waals surface area contributed by atoms with Gasteiger partial charge in [0.15, 0.2) is 5.76 Å². The van der Waals surface area contributed by atoms with Gasteiger partial charge in [-0.1, -0.05) is 28.9 Å². The lowest BCUT2D eigenvalue weighted by Crippen LogP contribution is -1.96. The molecule has 0 spiro atoms. The summed E-state index contributed by atoms with van der Waals surface area (Å²) in [4.78, 5) is 4.28. The Morgan fingerprint density at radius 1 is 1.07 bits per heavy atom. The van der Waals surface area contributed by atoms with Crippen molar-refractivity contribution < 1.29 is 18.1 Å². The van der Waals surface area contributed by atoms with Gasteiger partial charge in [0.05, 0.1) is 5.02 Å². The van der Waals surface area contributed by atoms with Crippen molar-refractivity contribution in [3.05, 3.63) is 76.8 Å². The molecule has 0 amide bonds. The predicted octanol–water partition coefficient (Wildman–Crippen LogP) is 5.68. The van der Waals surface area contributed by atoms with Crippen LogP contribution in [0, 0.1) is 12.7 Å². The summed E-state index contributed by atoms with van der Waals surface area (Å²) in [5, 5.41) is 4.45. The minimum absolute atomic E-state index is 0.212. The fraction of sp³-hybridized carbons (Fsp3) is 0.100. The third-order valence-corrected chi connectivity index (χ3v) is 4.22. The van der Waals surface area contributed by atoms with Crippen molar-refractivity contribution in [1.29, 1.82) is 0 Å². The second-order valence-corrected chi connectivity index (χ2v) is 6.28. The largest absolute Gasteiger partial charge is 0.484 e.